The molecule has 0 saturated carbocycles. The van der Waals surface area contributed by atoms with Crippen LogP contribution in [0.15, 0.2) is 23.1 Å². The van der Waals surface area contributed by atoms with Crippen LogP contribution in [0.2, 0.25) is 0 Å². The number of halogens is 1. The topological polar surface area (TPSA) is 88.2 Å². The number of piperazine rings is 1. The minimum absolute atomic E-state index is 0. The van der Waals surface area contributed by atoms with Crippen LogP contribution in [0.1, 0.15) is 0 Å². The molecule has 1 aliphatic rings. The summed E-state index contributed by atoms with van der Waals surface area (Å²) in [6.45, 7) is 2.42. The maximum atomic E-state index is 12.7. The summed E-state index contributed by atoms with van der Waals surface area (Å²) in [4.78, 5) is 14.0. The number of hydrogen-bond donors (Lipinski definition) is 1. The number of sulfonamides is 1. The number of carbonyl (C=O) groups excluding carboxylic acids is 1. The fraction of sp³-hybridized carbons (Fsp3) is 0.533. The van der Waals surface area contributed by atoms with Crippen molar-refractivity contribution < 1.29 is 22.7 Å². The SMILES string of the molecule is COc1ccc(S(=O)(=O)N(C)CC(=O)N2CCNCC2)cc1OC.Cl. The van der Waals surface area contributed by atoms with Crippen LogP contribution in [0.4, 0.5) is 0 Å². The largest absolute Gasteiger partial charge is 0.493 e. The number of methoxy groups -OCH3 is 2. The molecule has 1 saturated heterocycles. The number of ether oxygens (including phenoxy) is 2. The highest BCUT2D eigenvalue weighted by Crippen LogP contribution is 2.30. The molecule has 1 aromatic rings. The van der Waals surface area contributed by atoms with E-state index in [9.17, 15) is 13.2 Å². The highest BCUT2D eigenvalue weighted by atomic mass is 35.5. The molecule has 1 heterocycles. The lowest BCUT2D eigenvalue weighted by Gasteiger charge is -2.29. The summed E-state index contributed by atoms with van der Waals surface area (Å²) < 4.78 is 36.6. The van der Waals surface area contributed by atoms with Crippen molar-refractivity contribution in [1.82, 2.24) is 14.5 Å². The molecule has 1 aliphatic heterocycles. The van der Waals surface area contributed by atoms with Gasteiger partial charge in [-0.3, -0.25) is 4.79 Å². The summed E-state index contributed by atoms with van der Waals surface area (Å²) >= 11 is 0. The summed E-state index contributed by atoms with van der Waals surface area (Å²) in [6.07, 6.45) is 0. The summed E-state index contributed by atoms with van der Waals surface area (Å²) in [5.41, 5.74) is 0. The summed E-state index contributed by atoms with van der Waals surface area (Å²) in [5.74, 6) is 0.555. The van der Waals surface area contributed by atoms with Crippen molar-refractivity contribution in [2.24, 2.45) is 0 Å². The van der Waals surface area contributed by atoms with E-state index in [-0.39, 0.29) is 29.8 Å². The fourth-order valence-corrected chi connectivity index (χ4v) is 3.58. The number of carbonyl (C=O) groups is 1. The summed E-state index contributed by atoms with van der Waals surface area (Å²) in [5, 5.41) is 3.15. The van der Waals surface area contributed by atoms with Crippen LogP contribution in [0.3, 0.4) is 0 Å². The second-order valence-electron chi connectivity index (χ2n) is 5.41. The Morgan fingerprint density at radius 1 is 1.20 bits per heavy atom. The third-order valence-electron chi connectivity index (χ3n) is 3.89. The Balaban J connectivity index is 0.00000312. The number of rotatable bonds is 6. The van der Waals surface area contributed by atoms with Gasteiger partial charge in [-0.05, 0) is 12.1 Å². The fourth-order valence-electron chi connectivity index (χ4n) is 2.45. The first-order chi connectivity index (χ1) is 11.4. The Morgan fingerprint density at radius 2 is 1.80 bits per heavy atom. The van der Waals surface area contributed by atoms with E-state index >= 15 is 0 Å². The van der Waals surface area contributed by atoms with E-state index < -0.39 is 10.0 Å². The Kier molecular flexibility index (Phi) is 7.94. The Bertz CT molecular complexity index is 692. The zero-order chi connectivity index (χ0) is 17.7. The minimum Gasteiger partial charge on any atom is -0.493 e. The van der Waals surface area contributed by atoms with Crippen molar-refractivity contribution in [3.8, 4) is 11.5 Å². The third kappa shape index (κ3) is 4.97. The van der Waals surface area contributed by atoms with E-state index in [1.807, 2.05) is 0 Å². The average Bonchev–Trinajstić information content (AvgIpc) is 2.61. The third-order valence-corrected chi connectivity index (χ3v) is 5.69. The lowest BCUT2D eigenvalue weighted by atomic mass is 10.3. The first kappa shape index (κ1) is 21.5. The predicted molar refractivity (Wildman–Crippen MR) is 96.1 cm³/mol. The zero-order valence-corrected chi connectivity index (χ0v) is 16.2. The molecule has 0 radical (unpaired) electrons. The van der Waals surface area contributed by atoms with Crippen LogP contribution in [0, 0.1) is 0 Å². The van der Waals surface area contributed by atoms with Gasteiger partial charge < -0.3 is 19.7 Å². The molecule has 1 aromatic carbocycles. The van der Waals surface area contributed by atoms with Gasteiger partial charge in [-0.1, -0.05) is 0 Å². The van der Waals surface area contributed by atoms with Gasteiger partial charge in [0.25, 0.3) is 0 Å². The molecular weight excluding hydrogens is 370 g/mol. The number of nitrogens with one attached hydrogen (secondary N) is 1. The Morgan fingerprint density at radius 3 is 2.36 bits per heavy atom. The molecule has 0 spiro atoms. The molecule has 1 amide bonds. The second kappa shape index (κ2) is 9.23. The van der Waals surface area contributed by atoms with E-state index in [0.717, 1.165) is 17.4 Å². The quantitative estimate of drug-likeness (QED) is 0.741. The molecule has 10 heteroatoms. The van der Waals surface area contributed by atoms with Crippen LogP contribution >= 0.6 is 12.4 Å². The Labute approximate surface area is 154 Å². The van der Waals surface area contributed by atoms with Crippen molar-refractivity contribution in [3.63, 3.8) is 0 Å². The molecule has 8 nitrogen and oxygen atoms in total. The molecule has 2 rings (SSSR count). The lowest BCUT2D eigenvalue weighted by molar-refractivity contribution is -0.131. The van der Waals surface area contributed by atoms with Crippen LogP contribution in [0.5, 0.6) is 11.5 Å². The van der Waals surface area contributed by atoms with Gasteiger partial charge in [-0.15, -0.1) is 12.4 Å². The molecule has 0 unspecified atom stereocenters. The van der Waals surface area contributed by atoms with E-state index in [0.29, 0.717) is 24.6 Å². The second-order valence-corrected chi connectivity index (χ2v) is 7.45. The molecule has 25 heavy (non-hydrogen) atoms. The van der Waals surface area contributed by atoms with E-state index in [1.165, 1.54) is 39.5 Å². The van der Waals surface area contributed by atoms with Crippen molar-refractivity contribution in [2.45, 2.75) is 4.90 Å². The standard InChI is InChI=1S/C15H23N3O5S.ClH/c1-17(11-15(19)18-8-6-16-7-9-18)24(20,21)12-4-5-13(22-2)14(10-12)23-3;/h4-5,10,16H,6-9,11H2,1-3H3;1H. The average molecular weight is 394 g/mol. The molecule has 0 atom stereocenters. The molecular formula is C15H24ClN3O5S. The van der Waals surface area contributed by atoms with E-state index in [1.54, 1.807) is 4.90 Å². The van der Waals surface area contributed by atoms with Crippen molar-refractivity contribution in [2.75, 3.05) is 54.0 Å². The van der Waals surface area contributed by atoms with Crippen molar-refractivity contribution in [3.05, 3.63) is 18.2 Å². The number of hydrogen-bond acceptors (Lipinski definition) is 6. The Hall–Kier alpha value is -1.55. The van der Waals surface area contributed by atoms with Gasteiger partial charge in [0.05, 0.1) is 25.7 Å². The molecule has 1 N–H and O–H groups in total. The zero-order valence-electron chi connectivity index (χ0n) is 14.5. The molecule has 1 fully saturated rings. The molecule has 0 aliphatic carbocycles. The van der Waals surface area contributed by atoms with Gasteiger partial charge in [0.15, 0.2) is 11.5 Å². The number of likely N-dealkylation sites (N-methyl/N-ethyl adjacent to an activating group) is 1. The smallest absolute Gasteiger partial charge is 0.243 e. The highest BCUT2D eigenvalue weighted by Gasteiger charge is 2.26. The number of benzene rings is 1. The van der Waals surface area contributed by atoms with Gasteiger partial charge in [0.1, 0.15) is 0 Å². The first-order valence-electron chi connectivity index (χ1n) is 7.57. The summed E-state index contributed by atoms with van der Waals surface area (Å²) in [7, 11) is 0.512. The van der Waals surface area contributed by atoms with Crippen LogP contribution in [-0.2, 0) is 14.8 Å². The van der Waals surface area contributed by atoms with Gasteiger partial charge in [-0.2, -0.15) is 4.31 Å². The van der Waals surface area contributed by atoms with Crippen LogP contribution in [-0.4, -0.2) is 77.5 Å². The van der Waals surface area contributed by atoms with Gasteiger partial charge in [-0.25, -0.2) is 8.42 Å². The maximum Gasteiger partial charge on any atom is 0.243 e. The first-order valence-corrected chi connectivity index (χ1v) is 9.01. The molecule has 142 valence electrons. The maximum absolute atomic E-state index is 12.7. The van der Waals surface area contributed by atoms with Crippen LogP contribution in [0.25, 0.3) is 0 Å². The van der Waals surface area contributed by atoms with Gasteiger partial charge in [0.2, 0.25) is 15.9 Å². The number of amides is 1. The summed E-state index contributed by atoms with van der Waals surface area (Å²) in [6, 6.07) is 4.35. The molecule has 0 aromatic heterocycles. The van der Waals surface area contributed by atoms with Gasteiger partial charge in [0, 0.05) is 39.3 Å². The van der Waals surface area contributed by atoms with Crippen molar-refractivity contribution in [1.29, 1.82) is 0 Å². The lowest BCUT2D eigenvalue weighted by Crippen LogP contribution is -2.49. The number of nitrogens with zero attached hydrogens (tertiary/aromatic N) is 2. The minimum atomic E-state index is -3.80. The highest BCUT2D eigenvalue weighted by molar-refractivity contribution is 7.89. The van der Waals surface area contributed by atoms with E-state index in [2.05, 4.69) is 5.32 Å². The van der Waals surface area contributed by atoms with Crippen LogP contribution < -0.4 is 14.8 Å². The monoisotopic (exact) mass is 393 g/mol. The van der Waals surface area contributed by atoms with Crippen molar-refractivity contribution >= 4 is 28.3 Å². The normalized spacial score (nSPS) is 14.8. The molecule has 0 bridgehead atoms. The van der Waals surface area contributed by atoms with E-state index in [4.69, 9.17) is 9.47 Å². The predicted octanol–water partition coefficient (Wildman–Crippen LogP) is 0.178. The van der Waals surface area contributed by atoms with Gasteiger partial charge >= 0.3 is 0 Å².